The lowest BCUT2D eigenvalue weighted by atomic mass is 9.97. The van der Waals surface area contributed by atoms with Crippen LogP contribution in [0.3, 0.4) is 0 Å². The molecular formula is C58H36N2O2. The fraction of sp³-hybridized carbons (Fsp3) is 0. The number of benzene rings is 10. The summed E-state index contributed by atoms with van der Waals surface area (Å²) in [5.41, 5.74) is 14.6. The van der Waals surface area contributed by atoms with Crippen molar-refractivity contribution in [2.45, 2.75) is 0 Å². The second-order valence-electron chi connectivity index (χ2n) is 16.0. The van der Waals surface area contributed by atoms with E-state index >= 15 is 0 Å². The normalized spacial score (nSPS) is 11.9. The molecule has 10 aromatic carbocycles. The second kappa shape index (κ2) is 13.6. The molecule has 0 unspecified atom stereocenters. The standard InChI is InChI=1S/C58H36N2O2/c1-2-15-39-36-57-48(34-38(39)14-1)47-35-40(30-33-55(47)62-57)42-16-3-7-21-49(42)59(41-31-28-37(29-32-41)43-20-13-27-56-58(43)46-19-6-12-26-54(46)61-56)52-24-10-11-25-53(52)60-50-22-8-4-17-44(50)45-18-5-9-23-51(45)60/h1-36H. The first-order valence-corrected chi connectivity index (χ1v) is 21.1. The highest BCUT2D eigenvalue weighted by Crippen LogP contribution is 2.47. The minimum absolute atomic E-state index is 0.876. The number of furan rings is 2. The van der Waals surface area contributed by atoms with Gasteiger partial charge < -0.3 is 18.3 Å². The van der Waals surface area contributed by atoms with Gasteiger partial charge in [0.25, 0.3) is 0 Å². The smallest absolute Gasteiger partial charge is 0.136 e. The molecule has 0 saturated carbocycles. The molecule has 0 aliphatic carbocycles. The summed E-state index contributed by atoms with van der Waals surface area (Å²) in [6.07, 6.45) is 0. The van der Waals surface area contributed by atoms with Gasteiger partial charge in [0, 0.05) is 43.6 Å². The number of hydrogen-bond donors (Lipinski definition) is 0. The number of para-hydroxylation sites is 6. The number of anilines is 3. The predicted molar refractivity (Wildman–Crippen MR) is 258 cm³/mol. The fourth-order valence-corrected chi connectivity index (χ4v) is 9.78. The third-order valence-corrected chi connectivity index (χ3v) is 12.6. The predicted octanol–water partition coefficient (Wildman–Crippen LogP) is 16.5. The molecule has 0 spiro atoms. The van der Waals surface area contributed by atoms with Crippen molar-refractivity contribution in [1.29, 1.82) is 0 Å². The Kier molecular flexibility index (Phi) is 7.57. The molecule has 13 rings (SSSR count). The number of hydrogen-bond acceptors (Lipinski definition) is 3. The summed E-state index contributed by atoms with van der Waals surface area (Å²) < 4.78 is 15.2. The van der Waals surface area contributed by atoms with Gasteiger partial charge in [-0.3, -0.25) is 0 Å². The van der Waals surface area contributed by atoms with E-state index in [1.807, 2.05) is 12.1 Å². The van der Waals surface area contributed by atoms with Crippen molar-refractivity contribution < 1.29 is 8.83 Å². The van der Waals surface area contributed by atoms with E-state index < -0.39 is 0 Å². The van der Waals surface area contributed by atoms with Gasteiger partial charge in [-0.2, -0.15) is 0 Å². The van der Waals surface area contributed by atoms with Crippen LogP contribution < -0.4 is 4.90 Å². The van der Waals surface area contributed by atoms with Crippen LogP contribution >= 0.6 is 0 Å². The summed E-state index contributed by atoms with van der Waals surface area (Å²) in [6, 6.07) is 78.2. The number of nitrogens with zero attached hydrogens (tertiary/aromatic N) is 2. The van der Waals surface area contributed by atoms with Gasteiger partial charge >= 0.3 is 0 Å². The van der Waals surface area contributed by atoms with Crippen LogP contribution in [0, 0.1) is 0 Å². The van der Waals surface area contributed by atoms with Crippen molar-refractivity contribution >= 4 is 93.5 Å². The van der Waals surface area contributed by atoms with E-state index in [1.54, 1.807) is 0 Å². The Morgan fingerprint density at radius 3 is 1.71 bits per heavy atom. The molecule has 0 amide bonds. The topological polar surface area (TPSA) is 34.5 Å². The number of fused-ring (bicyclic) bond motifs is 10. The summed E-state index contributed by atoms with van der Waals surface area (Å²) in [6.45, 7) is 0. The molecule has 4 nitrogen and oxygen atoms in total. The van der Waals surface area contributed by atoms with Gasteiger partial charge in [0.05, 0.1) is 28.1 Å². The average Bonchev–Trinajstić information content (AvgIpc) is 4.00. The van der Waals surface area contributed by atoms with Crippen LogP contribution in [0.15, 0.2) is 227 Å². The Morgan fingerprint density at radius 2 is 0.903 bits per heavy atom. The first-order valence-electron chi connectivity index (χ1n) is 21.1. The highest BCUT2D eigenvalue weighted by Gasteiger charge is 2.23. The van der Waals surface area contributed by atoms with Gasteiger partial charge in [0.2, 0.25) is 0 Å². The summed E-state index contributed by atoms with van der Waals surface area (Å²) in [5.74, 6) is 0. The molecule has 0 N–H and O–H groups in total. The lowest BCUT2D eigenvalue weighted by Gasteiger charge is -2.30. The molecule has 0 radical (unpaired) electrons. The van der Waals surface area contributed by atoms with Crippen LogP contribution in [-0.2, 0) is 0 Å². The van der Waals surface area contributed by atoms with Crippen molar-refractivity contribution in [3.8, 4) is 27.9 Å². The van der Waals surface area contributed by atoms with Gasteiger partial charge in [-0.1, -0.05) is 140 Å². The van der Waals surface area contributed by atoms with E-state index in [4.69, 9.17) is 8.83 Å². The number of aromatic nitrogens is 1. The van der Waals surface area contributed by atoms with Crippen LogP contribution in [0.1, 0.15) is 0 Å². The van der Waals surface area contributed by atoms with Crippen LogP contribution in [-0.4, -0.2) is 4.57 Å². The van der Waals surface area contributed by atoms with Crippen molar-refractivity contribution in [1.82, 2.24) is 4.57 Å². The van der Waals surface area contributed by atoms with Crippen molar-refractivity contribution in [3.05, 3.63) is 218 Å². The summed E-state index contributed by atoms with van der Waals surface area (Å²) >= 11 is 0. The van der Waals surface area contributed by atoms with Gasteiger partial charge in [-0.05, 0) is 106 Å². The lowest BCUT2D eigenvalue weighted by molar-refractivity contribution is 0.669. The third-order valence-electron chi connectivity index (χ3n) is 12.6. The highest BCUT2D eigenvalue weighted by atomic mass is 16.3. The Morgan fingerprint density at radius 1 is 0.339 bits per heavy atom. The van der Waals surface area contributed by atoms with Gasteiger partial charge in [-0.25, -0.2) is 0 Å². The van der Waals surface area contributed by atoms with Crippen LogP contribution in [0.5, 0.6) is 0 Å². The first kappa shape index (κ1) is 34.5. The lowest BCUT2D eigenvalue weighted by Crippen LogP contribution is -2.14. The molecule has 290 valence electrons. The zero-order valence-electron chi connectivity index (χ0n) is 33.5. The molecule has 3 aromatic heterocycles. The second-order valence-corrected chi connectivity index (χ2v) is 16.0. The molecule has 62 heavy (non-hydrogen) atoms. The highest BCUT2D eigenvalue weighted by molar-refractivity contribution is 6.14. The first-order chi connectivity index (χ1) is 30.7. The van der Waals surface area contributed by atoms with E-state index in [1.165, 1.54) is 21.5 Å². The Balaban J connectivity index is 1.04. The monoisotopic (exact) mass is 792 g/mol. The average molecular weight is 793 g/mol. The van der Waals surface area contributed by atoms with E-state index in [0.717, 1.165) is 99.9 Å². The molecule has 3 heterocycles. The zero-order chi connectivity index (χ0) is 40.7. The molecule has 0 aliphatic heterocycles. The van der Waals surface area contributed by atoms with Crippen LogP contribution in [0.2, 0.25) is 0 Å². The van der Waals surface area contributed by atoms with Crippen molar-refractivity contribution in [3.63, 3.8) is 0 Å². The van der Waals surface area contributed by atoms with Crippen LogP contribution in [0.4, 0.5) is 17.1 Å². The van der Waals surface area contributed by atoms with Crippen LogP contribution in [0.25, 0.3) is 104 Å². The van der Waals surface area contributed by atoms with Crippen molar-refractivity contribution in [2.24, 2.45) is 0 Å². The largest absolute Gasteiger partial charge is 0.456 e. The van der Waals surface area contributed by atoms with Crippen molar-refractivity contribution in [2.75, 3.05) is 4.90 Å². The third kappa shape index (κ3) is 5.27. The SMILES string of the molecule is c1ccc(N(c2ccc(-c3cccc4oc5ccccc5c34)cc2)c2ccccc2-n2c3ccccc3c3ccccc32)c(-c2ccc3oc4cc5ccccc5cc4c3c2)c1. The Bertz CT molecular complexity index is 3830. The molecule has 0 bridgehead atoms. The molecule has 13 aromatic rings. The minimum atomic E-state index is 0.876. The number of rotatable bonds is 6. The van der Waals surface area contributed by atoms with E-state index in [9.17, 15) is 0 Å². The summed E-state index contributed by atoms with van der Waals surface area (Å²) in [5, 5.41) is 9.28. The van der Waals surface area contributed by atoms with Gasteiger partial charge in [-0.15, -0.1) is 0 Å². The minimum Gasteiger partial charge on any atom is -0.456 e. The molecule has 0 aliphatic rings. The molecule has 0 saturated heterocycles. The molecule has 0 atom stereocenters. The fourth-order valence-electron chi connectivity index (χ4n) is 9.78. The maximum atomic E-state index is 6.47. The maximum absolute atomic E-state index is 6.47. The molecule has 0 fully saturated rings. The molecule has 4 heteroatoms. The quantitative estimate of drug-likeness (QED) is 0.168. The summed E-state index contributed by atoms with van der Waals surface area (Å²) in [4.78, 5) is 2.43. The van der Waals surface area contributed by atoms with E-state index in [0.29, 0.717) is 0 Å². The Hall–Kier alpha value is -8.34. The van der Waals surface area contributed by atoms with E-state index in [2.05, 4.69) is 216 Å². The van der Waals surface area contributed by atoms with E-state index in [-0.39, 0.29) is 0 Å². The summed E-state index contributed by atoms with van der Waals surface area (Å²) in [7, 11) is 0. The zero-order valence-corrected chi connectivity index (χ0v) is 33.5. The van der Waals surface area contributed by atoms with Gasteiger partial charge in [0.1, 0.15) is 22.3 Å². The van der Waals surface area contributed by atoms with Gasteiger partial charge in [0.15, 0.2) is 0 Å². The Labute approximate surface area is 356 Å². The molecular weight excluding hydrogens is 757 g/mol. The maximum Gasteiger partial charge on any atom is 0.136 e.